The zero-order valence-electron chi connectivity index (χ0n) is 19.7. The van der Waals surface area contributed by atoms with Crippen LogP contribution in [0.25, 0.3) is 0 Å². The highest BCUT2D eigenvalue weighted by Gasteiger charge is 2.55. The van der Waals surface area contributed by atoms with Crippen LogP contribution in [0, 0.1) is 25.7 Å². The van der Waals surface area contributed by atoms with Crippen LogP contribution in [-0.4, -0.2) is 98.5 Å². The largest absolute Gasteiger partial charge is 0.392 e. The Balaban J connectivity index is 1.63. The predicted octanol–water partition coefficient (Wildman–Crippen LogP) is 1.84. The number of carbonyl (C=O) groups excluding carboxylic acids is 2. The van der Waals surface area contributed by atoms with Crippen molar-refractivity contribution in [3.63, 3.8) is 0 Å². The molecule has 0 aliphatic carbocycles. The maximum atomic E-state index is 13.1. The number of rotatable bonds is 4. The molecule has 172 valence electrons. The number of piperidine rings is 1. The summed E-state index contributed by atoms with van der Waals surface area (Å²) >= 11 is 1.58. The molecule has 0 N–H and O–H groups in total. The van der Waals surface area contributed by atoms with Crippen molar-refractivity contribution in [3.05, 3.63) is 17.5 Å². The van der Waals surface area contributed by atoms with Crippen LogP contribution >= 0.6 is 11.8 Å². The number of aromatic nitrogens is 2. The summed E-state index contributed by atoms with van der Waals surface area (Å²) < 4.78 is 2.29. The SMILES string of the molecule is Cc1cc(C)nc(SCCN2C(=[N+]3CC(C)CC(C)C3)N=C3C2C(=O)N(C)C(=O)N3C)n1. The average molecular weight is 459 g/mol. The number of imide groups is 1. The molecule has 10 heteroatoms. The number of urea groups is 1. The quantitative estimate of drug-likeness (QED) is 0.389. The van der Waals surface area contributed by atoms with Gasteiger partial charge in [0.2, 0.25) is 11.9 Å². The third-order valence-corrected chi connectivity index (χ3v) is 7.01. The van der Waals surface area contributed by atoms with E-state index in [4.69, 9.17) is 4.99 Å². The summed E-state index contributed by atoms with van der Waals surface area (Å²) in [7, 11) is 3.23. The van der Waals surface area contributed by atoms with Crippen molar-refractivity contribution in [3.8, 4) is 0 Å². The fourth-order valence-electron chi connectivity index (χ4n) is 4.89. The molecule has 32 heavy (non-hydrogen) atoms. The lowest BCUT2D eigenvalue weighted by Crippen LogP contribution is -2.63. The summed E-state index contributed by atoms with van der Waals surface area (Å²) in [5.41, 5.74) is 1.89. The molecule has 0 aromatic carbocycles. The highest BCUT2D eigenvalue weighted by Crippen LogP contribution is 2.26. The Kier molecular flexibility index (Phi) is 6.24. The van der Waals surface area contributed by atoms with Gasteiger partial charge in [0.1, 0.15) is 0 Å². The Morgan fingerprint density at radius 1 is 1.06 bits per heavy atom. The van der Waals surface area contributed by atoms with E-state index in [1.54, 1.807) is 18.8 Å². The Hall–Kier alpha value is -2.49. The molecule has 1 aromatic heterocycles. The first kappa shape index (κ1) is 22.7. The Morgan fingerprint density at radius 2 is 1.69 bits per heavy atom. The summed E-state index contributed by atoms with van der Waals surface area (Å²) in [6, 6.07) is 1.04. The molecule has 3 atom stereocenters. The van der Waals surface area contributed by atoms with E-state index < -0.39 is 6.04 Å². The van der Waals surface area contributed by atoms with Crippen molar-refractivity contribution < 1.29 is 14.2 Å². The summed E-state index contributed by atoms with van der Waals surface area (Å²) in [5, 5.41) is 0.740. The lowest BCUT2D eigenvalue weighted by Gasteiger charge is -2.33. The molecule has 4 rings (SSSR count). The number of amidine groups is 1. The molecule has 0 radical (unpaired) electrons. The van der Waals surface area contributed by atoms with Gasteiger partial charge in [-0.1, -0.05) is 30.6 Å². The van der Waals surface area contributed by atoms with E-state index in [-0.39, 0.29) is 11.9 Å². The summed E-state index contributed by atoms with van der Waals surface area (Å²) in [4.78, 5) is 44.3. The monoisotopic (exact) mass is 458 g/mol. The second-order valence-electron chi connectivity index (χ2n) is 9.24. The predicted molar refractivity (Wildman–Crippen MR) is 124 cm³/mol. The molecule has 3 unspecified atom stereocenters. The summed E-state index contributed by atoms with van der Waals surface area (Å²) in [6.45, 7) is 10.8. The second-order valence-corrected chi connectivity index (χ2v) is 10.3. The number of fused-ring (bicyclic) bond motifs is 1. The maximum absolute atomic E-state index is 13.1. The molecule has 4 heterocycles. The number of aryl methyl sites for hydroxylation is 2. The van der Waals surface area contributed by atoms with Gasteiger partial charge in [-0.3, -0.25) is 19.2 Å². The molecule has 3 aliphatic heterocycles. The van der Waals surface area contributed by atoms with Crippen molar-refractivity contribution in [1.29, 1.82) is 0 Å². The molecule has 0 saturated carbocycles. The van der Waals surface area contributed by atoms with Crippen molar-refractivity contribution >= 4 is 35.5 Å². The van der Waals surface area contributed by atoms with Gasteiger partial charge >= 0.3 is 12.0 Å². The van der Waals surface area contributed by atoms with Crippen LogP contribution in [0.1, 0.15) is 31.7 Å². The molecule has 2 fully saturated rings. The van der Waals surface area contributed by atoms with E-state index >= 15 is 0 Å². The molecule has 0 spiro atoms. The number of amides is 3. The van der Waals surface area contributed by atoms with E-state index in [1.807, 2.05) is 19.9 Å². The number of thioether (sulfide) groups is 1. The summed E-state index contributed by atoms with van der Waals surface area (Å²) in [5.74, 6) is 2.89. The van der Waals surface area contributed by atoms with E-state index in [0.29, 0.717) is 30.0 Å². The number of likely N-dealkylation sites (N-methyl/N-ethyl adjacent to an activating group) is 2. The Labute approximate surface area is 193 Å². The number of carbonyl (C=O) groups is 2. The third-order valence-electron chi connectivity index (χ3n) is 6.19. The minimum atomic E-state index is -0.578. The van der Waals surface area contributed by atoms with E-state index in [2.05, 4.69) is 33.3 Å². The number of nitrogens with zero attached hydrogens (tertiary/aromatic N) is 7. The van der Waals surface area contributed by atoms with Gasteiger partial charge in [-0.2, -0.15) is 0 Å². The molecule has 0 bridgehead atoms. The van der Waals surface area contributed by atoms with Crippen LogP contribution in [0.15, 0.2) is 16.2 Å². The Morgan fingerprint density at radius 3 is 2.31 bits per heavy atom. The van der Waals surface area contributed by atoms with Gasteiger partial charge in [-0.25, -0.2) is 19.7 Å². The van der Waals surface area contributed by atoms with Crippen molar-refractivity contribution in [1.82, 2.24) is 24.7 Å². The van der Waals surface area contributed by atoms with Gasteiger partial charge in [0.15, 0.2) is 5.16 Å². The third kappa shape index (κ3) is 4.24. The number of hydrogen-bond donors (Lipinski definition) is 0. The highest BCUT2D eigenvalue weighted by molar-refractivity contribution is 7.99. The smallest absolute Gasteiger partial charge is 0.270 e. The molecule has 1 aromatic rings. The van der Waals surface area contributed by atoms with Crippen molar-refractivity contribution in [2.75, 3.05) is 39.5 Å². The van der Waals surface area contributed by atoms with Crippen LogP contribution in [0.3, 0.4) is 0 Å². The standard InChI is InChI=1S/C22H32N7O2S/c1-13-9-14(2)12-28(11-13)21-25-18-17(19(30)27(6)22(31)26(18)5)29(21)7-8-32-20-23-15(3)10-16(4)24-20/h10,13-14,17H,7-9,11-12H2,1-6H3/q+1. The number of hydrogen-bond acceptors (Lipinski definition) is 5. The lowest BCUT2D eigenvalue weighted by atomic mass is 9.93. The van der Waals surface area contributed by atoms with Gasteiger partial charge in [0.05, 0.1) is 19.6 Å². The fraction of sp³-hybridized carbons (Fsp3) is 0.636. The van der Waals surface area contributed by atoms with E-state index in [1.165, 1.54) is 23.3 Å². The lowest BCUT2D eigenvalue weighted by molar-refractivity contribution is -0.557. The maximum Gasteiger partial charge on any atom is 0.392 e. The summed E-state index contributed by atoms with van der Waals surface area (Å²) in [6.07, 6.45) is 1.18. The first-order chi connectivity index (χ1) is 15.2. The van der Waals surface area contributed by atoms with Crippen molar-refractivity contribution in [2.24, 2.45) is 16.8 Å². The van der Waals surface area contributed by atoms with Gasteiger partial charge < -0.3 is 0 Å². The van der Waals surface area contributed by atoms with Crippen LogP contribution < -0.4 is 0 Å². The average Bonchev–Trinajstić information content (AvgIpc) is 3.09. The van der Waals surface area contributed by atoms with Gasteiger partial charge in [0.25, 0.3) is 5.91 Å². The minimum Gasteiger partial charge on any atom is -0.270 e. The normalized spacial score (nSPS) is 26.1. The fourth-order valence-corrected chi connectivity index (χ4v) is 5.77. The zero-order valence-corrected chi connectivity index (χ0v) is 20.5. The van der Waals surface area contributed by atoms with Crippen LogP contribution in [-0.2, 0) is 4.79 Å². The van der Waals surface area contributed by atoms with Crippen LogP contribution in [0.5, 0.6) is 0 Å². The zero-order chi connectivity index (χ0) is 23.2. The van der Waals surface area contributed by atoms with Crippen LogP contribution in [0.4, 0.5) is 4.79 Å². The molecule has 2 saturated heterocycles. The minimum absolute atomic E-state index is 0.229. The van der Waals surface area contributed by atoms with Gasteiger partial charge in [-0.15, -0.1) is 0 Å². The second kappa shape index (κ2) is 8.80. The van der Waals surface area contributed by atoms with Crippen LogP contribution in [0.2, 0.25) is 0 Å². The molecular formula is C22H32N7O2S+. The topological polar surface area (TPSA) is 85.0 Å². The van der Waals surface area contributed by atoms with Crippen molar-refractivity contribution in [2.45, 2.75) is 45.3 Å². The first-order valence-corrected chi connectivity index (χ1v) is 12.1. The molecule has 9 nitrogen and oxygen atoms in total. The van der Waals surface area contributed by atoms with E-state index in [0.717, 1.165) is 35.6 Å². The number of aliphatic imine (C=N–C) groups is 1. The Bertz CT molecular complexity index is 976. The first-order valence-electron chi connectivity index (χ1n) is 11.1. The van der Waals surface area contributed by atoms with E-state index in [9.17, 15) is 9.59 Å². The van der Waals surface area contributed by atoms with Gasteiger partial charge in [-0.05, 0) is 38.2 Å². The number of guanidine groups is 1. The molecule has 3 aliphatic rings. The molecular weight excluding hydrogens is 426 g/mol. The molecule has 3 amide bonds. The highest BCUT2D eigenvalue weighted by atomic mass is 32.2. The van der Waals surface area contributed by atoms with Gasteiger partial charge in [0, 0.05) is 31.2 Å².